The molecule has 0 spiro atoms. The Morgan fingerprint density at radius 2 is 0.634 bits per heavy atom. The number of aromatic nitrogens is 9. The van der Waals surface area contributed by atoms with Crippen LogP contribution in [0.3, 0.4) is 0 Å². The largest absolute Gasteiger partial charge is 0.466 e. The first-order valence-electron chi connectivity index (χ1n) is 48.7. The summed E-state index contributed by atoms with van der Waals surface area (Å²) in [6, 6.07) is -2.85. The van der Waals surface area contributed by atoms with Crippen molar-refractivity contribution >= 4 is 71.3 Å². The van der Waals surface area contributed by atoms with Gasteiger partial charge in [0.2, 0.25) is 29.5 Å². The quantitative estimate of drug-likeness (QED) is 0.0235. The van der Waals surface area contributed by atoms with Gasteiger partial charge in [0.05, 0.1) is 263 Å². The van der Waals surface area contributed by atoms with Gasteiger partial charge in [-0.15, -0.1) is 15.3 Å². The molecule has 5 amide bonds. The normalized spacial score (nSPS) is 23.4. The first kappa shape index (κ1) is 119. The van der Waals surface area contributed by atoms with Gasteiger partial charge in [0.25, 0.3) is 0 Å². The smallest absolute Gasteiger partial charge is 0.305 e. The molecule has 9 heterocycles. The summed E-state index contributed by atoms with van der Waals surface area (Å²) in [6.07, 6.45) is -0.346. The van der Waals surface area contributed by atoms with E-state index in [1.807, 2.05) is 0 Å². The lowest BCUT2D eigenvalue weighted by atomic mass is 9.87. The Kier molecular flexibility index (Phi) is 52.3. The maximum atomic E-state index is 14.3. The number of amides is 5. The molecular formula is C91H144N14O40. The van der Waals surface area contributed by atoms with Crippen LogP contribution in [-0.4, -0.2) is 424 Å². The van der Waals surface area contributed by atoms with Crippen LogP contribution in [0.2, 0.25) is 0 Å². The third kappa shape index (κ3) is 41.7. The van der Waals surface area contributed by atoms with Gasteiger partial charge < -0.3 is 159 Å². The van der Waals surface area contributed by atoms with Gasteiger partial charge in [-0.1, -0.05) is 28.5 Å². The highest BCUT2D eigenvalue weighted by Crippen LogP contribution is 2.44. The standard InChI is InChI=1S/C91H144N14O40/c1-11-133-75(117)20-16-12-14-18-73(115)92-21-17-13-15-19-74(116)96-88(52-130-49-70-46-103(100-97-70)22-25-118-28-31-121-34-37-124-40-43-127-55-89-58-134-85(143-89)76(93-61(2)106)79(137-64(5)109)82(89)140-67(8)112,53-131-50-71-47-104(101-98-71)23-26-119-29-32-122-35-38-125-41-44-128-56-90-59-135-86(144-90)77(94-62(3)107)80(138-65(6)110)83(90)141-68(9)113)54-132-51-72-48-105(102-99-72)24-27-120-30-33-123-36-39-126-42-45-129-57-91-60-136-87(145-91)78(95-63(4)108)81(139-66(7)111)84(91)142-69(10)114/h46-48,76-87H,11-45,49-60H2,1-10H3,(H,92,115)(H,93,106)(H,94,107)(H,95,108)(H,96,116)/t76-,77-,78-,79-,80-,81-,82-,83-,84-,85+,86+,87+,89+,90+,91+/m1/s1. The van der Waals surface area contributed by atoms with E-state index in [1.54, 1.807) is 39.6 Å². The van der Waals surface area contributed by atoms with Gasteiger partial charge in [-0.05, 0) is 32.6 Å². The summed E-state index contributed by atoms with van der Waals surface area (Å²) >= 11 is 0. The van der Waals surface area contributed by atoms with Crippen LogP contribution in [-0.2, 0) is 230 Å². The summed E-state index contributed by atoms with van der Waals surface area (Å²) < 4.78 is 168. The fourth-order valence-corrected chi connectivity index (χ4v) is 16.4. The Morgan fingerprint density at radius 1 is 0.352 bits per heavy atom. The predicted molar refractivity (Wildman–Crippen MR) is 488 cm³/mol. The van der Waals surface area contributed by atoms with Crippen LogP contribution >= 0.6 is 0 Å². The van der Waals surface area contributed by atoms with Gasteiger partial charge in [0.15, 0.2) is 72.3 Å². The molecule has 818 valence electrons. The Balaban J connectivity index is 0.728. The van der Waals surface area contributed by atoms with E-state index in [-0.39, 0.29) is 242 Å². The van der Waals surface area contributed by atoms with Gasteiger partial charge >= 0.3 is 41.8 Å². The number of fused-ring (bicyclic) bond motifs is 6. The van der Waals surface area contributed by atoms with Crippen molar-refractivity contribution in [3.8, 4) is 0 Å². The van der Waals surface area contributed by atoms with Crippen molar-refractivity contribution in [1.82, 2.24) is 71.6 Å². The van der Waals surface area contributed by atoms with E-state index >= 15 is 0 Å². The van der Waals surface area contributed by atoms with E-state index in [9.17, 15) is 57.5 Å². The Labute approximate surface area is 839 Å². The van der Waals surface area contributed by atoms with Crippen molar-refractivity contribution in [2.45, 2.75) is 262 Å². The first-order chi connectivity index (χ1) is 69.9. The molecule has 54 nitrogen and oxygen atoms in total. The SMILES string of the molecule is CCOC(=O)CCCCCC(=O)NCCCCCC(=O)NC(COCc1cn(CCOCCOCCOCCOC[C@@]23CO[C@@H](O2)[C@H](NC(C)=O)[C@@H](OC(C)=O)[C@H]3OC(C)=O)nn1)(COCc1cn(CCOCCOCCOCCOC[C@@]23CO[C@@H](O2)[C@H](NC(C)=O)[C@@H](OC(C)=O)[C@H]3OC(C)=O)nn1)COCc1cn(CCOCCOCCOCCOC[C@@]23CO[C@@H](O2)[C@H](NC(C)=O)[C@@H](OC(C)=O)[C@H]3OC(C)=O)nn1. The zero-order valence-electron chi connectivity index (χ0n) is 84.2. The molecule has 6 aliphatic heterocycles. The topological polar surface area (TPSA) is 616 Å². The van der Waals surface area contributed by atoms with E-state index in [2.05, 4.69) is 57.5 Å². The van der Waals surface area contributed by atoms with Crippen LogP contribution in [0.15, 0.2) is 18.6 Å². The molecule has 5 N–H and O–H groups in total. The van der Waals surface area contributed by atoms with Crippen LogP contribution in [0, 0.1) is 0 Å². The van der Waals surface area contributed by atoms with E-state index in [4.69, 9.17) is 133 Å². The third-order valence-electron chi connectivity index (χ3n) is 22.6. The molecule has 9 rings (SSSR count). The number of hydrogen-bond donors (Lipinski definition) is 5. The first-order valence-corrected chi connectivity index (χ1v) is 48.7. The van der Waals surface area contributed by atoms with Crippen molar-refractivity contribution in [2.24, 2.45) is 0 Å². The molecule has 15 atom stereocenters. The Bertz CT molecular complexity index is 4070. The molecule has 54 heteroatoms. The fraction of sp³-hybridized carbons (Fsp3) is 0.802. The monoisotopic (exact) mass is 2070 g/mol. The molecule has 3 aromatic rings. The summed E-state index contributed by atoms with van der Waals surface area (Å²) in [4.78, 5) is 148. The van der Waals surface area contributed by atoms with E-state index < -0.39 is 149 Å². The zero-order valence-corrected chi connectivity index (χ0v) is 84.2. The lowest BCUT2D eigenvalue weighted by Gasteiger charge is -2.45. The average molecular weight is 2070 g/mol. The Morgan fingerprint density at radius 3 is 0.931 bits per heavy atom. The molecule has 0 aliphatic carbocycles. The number of ether oxygens (including phenoxy) is 28. The second-order valence-corrected chi connectivity index (χ2v) is 35.0. The van der Waals surface area contributed by atoms with Gasteiger partial charge in [-0.2, -0.15) is 0 Å². The number of carbonyl (C=O) groups is 12. The maximum Gasteiger partial charge on any atom is 0.305 e. The summed E-state index contributed by atoms with van der Waals surface area (Å²) in [5.74, 6) is -5.97. The van der Waals surface area contributed by atoms with Crippen LogP contribution in [0.4, 0.5) is 0 Å². The summed E-state index contributed by atoms with van der Waals surface area (Å²) in [7, 11) is 0. The zero-order chi connectivity index (χ0) is 104. The molecule has 6 fully saturated rings. The number of carbonyl (C=O) groups excluding carboxylic acids is 12. The van der Waals surface area contributed by atoms with Crippen LogP contribution in [0.5, 0.6) is 0 Å². The number of unbranched alkanes of at least 4 members (excludes halogenated alkanes) is 4. The minimum Gasteiger partial charge on any atom is -0.466 e. The Hall–Kier alpha value is -9.78. The lowest BCUT2D eigenvalue weighted by molar-refractivity contribution is -0.251. The van der Waals surface area contributed by atoms with Gasteiger partial charge in [0.1, 0.15) is 40.7 Å². The van der Waals surface area contributed by atoms with Crippen molar-refractivity contribution < 1.29 is 190 Å². The number of rotatable bonds is 77. The van der Waals surface area contributed by atoms with Crippen molar-refractivity contribution in [3.63, 3.8) is 0 Å². The summed E-state index contributed by atoms with van der Waals surface area (Å²) in [5.41, 5.74) is -3.99. The van der Waals surface area contributed by atoms with Crippen LogP contribution in [0.1, 0.15) is 144 Å². The van der Waals surface area contributed by atoms with E-state index in [0.29, 0.717) is 101 Å². The van der Waals surface area contributed by atoms with Gasteiger partial charge in [-0.3, -0.25) is 57.5 Å². The van der Waals surface area contributed by atoms with E-state index in [0.717, 1.165) is 0 Å². The summed E-state index contributed by atoms with van der Waals surface area (Å²) in [6.45, 7) is 18.0. The third-order valence-corrected chi connectivity index (χ3v) is 22.6. The number of nitrogens with zero attached hydrogens (tertiary/aromatic N) is 9. The molecule has 0 aromatic carbocycles. The predicted octanol–water partition coefficient (Wildman–Crippen LogP) is -1.86. The van der Waals surface area contributed by atoms with Crippen molar-refractivity contribution in [2.75, 3.05) is 211 Å². The highest BCUT2D eigenvalue weighted by atomic mass is 16.8. The number of hydrogen-bond acceptors (Lipinski definition) is 46. The maximum absolute atomic E-state index is 14.3. The highest BCUT2D eigenvalue weighted by molar-refractivity contribution is 5.78. The molecule has 145 heavy (non-hydrogen) atoms. The second-order valence-electron chi connectivity index (χ2n) is 35.0. The number of nitrogens with one attached hydrogen (secondary N) is 5. The van der Waals surface area contributed by atoms with Gasteiger partial charge in [-0.25, -0.2) is 14.0 Å². The fourth-order valence-electron chi connectivity index (χ4n) is 16.4. The molecule has 6 aliphatic rings. The number of esters is 7. The summed E-state index contributed by atoms with van der Waals surface area (Å²) in [5, 5.41) is 40.0. The molecule has 3 aromatic heterocycles. The molecule has 0 unspecified atom stereocenters. The molecule has 0 radical (unpaired) electrons. The van der Waals surface area contributed by atoms with Gasteiger partial charge in [0, 0.05) is 88.1 Å². The molecule has 6 bridgehead atoms. The molecule has 0 saturated carbocycles. The second kappa shape index (κ2) is 63.8. The van der Waals surface area contributed by atoms with Crippen LogP contribution < -0.4 is 26.6 Å². The van der Waals surface area contributed by atoms with Crippen molar-refractivity contribution in [3.05, 3.63) is 35.7 Å². The molecule has 6 saturated heterocycles. The van der Waals surface area contributed by atoms with Crippen LogP contribution in [0.25, 0.3) is 0 Å². The average Bonchev–Trinajstić information content (AvgIpc) is 1.59. The van der Waals surface area contributed by atoms with Crippen molar-refractivity contribution in [1.29, 1.82) is 0 Å². The minimum absolute atomic E-state index is 0.0537. The molecular weight excluding hydrogens is 1930 g/mol. The highest BCUT2D eigenvalue weighted by Gasteiger charge is 2.67. The van der Waals surface area contributed by atoms with E-state index in [1.165, 1.54) is 62.3 Å². The minimum atomic E-state index is -1.36. The lowest BCUT2D eigenvalue weighted by Crippen LogP contribution is -2.68.